The molecule has 240 valence electrons. The van der Waals surface area contributed by atoms with Gasteiger partial charge in [-0.25, -0.2) is 15.0 Å². The van der Waals surface area contributed by atoms with Crippen molar-refractivity contribution in [1.82, 2.24) is 25.2 Å². The first-order valence-corrected chi connectivity index (χ1v) is 15.7. The smallest absolute Gasteiger partial charge is 0.435 e. The second kappa shape index (κ2) is 12.5. The van der Waals surface area contributed by atoms with Gasteiger partial charge in [0.15, 0.2) is 5.69 Å². The van der Waals surface area contributed by atoms with Crippen LogP contribution in [0, 0.1) is 5.92 Å². The number of amides is 1. The van der Waals surface area contributed by atoms with Gasteiger partial charge in [0.25, 0.3) is 5.91 Å². The molecule has 0 saturated carbocycles. The standard InChI is InChI=1S/C33H39F3N6O3/c1-4-21-18-41(26-12-13-27(44-3)40-29(26)33(34,35)36)17-14-32(21)20-42(19-22-8-6-15-37-22)31(43)28-24(32)10-11-25(39-28)23-9-7-16-38-30(23)45-5-2/h7,9-13,16,21-22,37H,4-6,8,14-15,17-20H2,1-3H3/t21?,22-,32?/m1/s1. The summed E-state index contributed by atoms with van der Waals surface area (Å²) in [4.78, 5) is 31.0. The number of pyridine rings is 3. The molecule has 0 aromatic carbocycles. The van der Waals surface area contributed by atoms with Crippen molar-refractivity contribution >= 4 is 11.6 Å². The van der Waals surface area contributed by atoms with Crippen molar-refractivity contribution in [2.45, 2.75) is 57.2 Å². The van der Waals surface area contributed by atoms with Crippen LogP contribution in [0.5, 0.6) is 11.8 Å². The summed E-state index contributed by atoms with van der Waals surface area (Å²) in [5.41, 5.74) is 1.18. The molecule has 3 aliphatic heterocycles. The SMILES string of the molecule is CCOc1ncccc1-c1ccc2c(n1)C(=O)N(C[C@H]1CCCN1)CC21CCN(c2ccc(OC)nc2C(F)(F)F)CC1CC. The van der Waals surface area contributed by atoms with Crippen LogP contribution in [0.4, 0.5) is 18.9 Å². The first-order valence-electron chi connectivity index (χ1n) is 15.7. The number of anilines is 1. The molecule has 2 fully saturated rings. The maximum Gasteiger partial charge on any atom is 0.435 e. The third kappa shape index (κ3) is 5.80. The number of ether oxygens (including phenoxy) is 2. The molecule has 45 heavy (non-hydrogen) atoms. The van der Waals surface area contributed by atoms with E-state index in [0.29, 0.717) is 68.5 Å². The summed E-state index contributed by atoms with van der Waals surface area (Å²) >= 11 is 0. The van der Waals surface area contributed by atoms with Gasteiger partial charge in [-0.05, 0) is 68.5 Å². The van der Waals surface area contributed by atoms with Crippen molar-refractivity contribution in [3.05, 3.63) is 59.5 Å². The molecular formula is C33H39F3N6O3. The highest BCUT2D eigenvalue weighted by molar-refractivity contribution is 5.96. The maximum absolute atomic E-state index is 14.2. The number of nitrogens with zero attached hydrogens (tertiary/aromatic N) is 5. The van der Waals surface area contributed by atoms with Gasteiger partial charge in [-0.3, -0.25) is 4.79 Å². The summed E-state index contributed by atoms with van der Waals surface area (Å²) in [6.45, 7) is 7.12. The van der Waals surface area contributed by atoms with Gasteiger partial charge in [-0.2, -0.15) is 13.2 Å². The van der Waals surface area contributed by atoms with Crippen LogP contribution < -0.4 is 19.7 Å². The lowest BCUT2D eigenvalue weighted by Crippen LogP contribution is -2.60. The van der Waals surface area contributed by atoms with E-state index in [2.05, 4.69) is 22.2 Å². The molecule has 2 saturated heterocycles. The van der Waals surface area contributed by atoms with Crippen LogP contribution in [-0.2, 0) is 11.6 Å². The molecule has 0 aliphatic carbocycles. The fraction of sp³-hybridized carbons (Fsp3) is 0.515. The minimum atomic E-state index is -4.64. The number of fused-ring (bicyclic) bond motifs is 2. The van der Waals surface area contributed by atoms with E-state index in [4.69, 9.17) is 14.5 Å². The molecule has 3 aromatic rings. The molecule has 3 aliphatic rings. The zero-order valence-electron chi connectivity index (χ0n) is 25.9. The molecule has 2 unspecified atom stereocenters. The molecule has 12 heteroatoms. The van der Waals surface area contributed by atoms with Gasteiger partial charge >= 0.3 is 6.18 Å². The lowest BCUT2D eigenvalue weighted by Gasteiger charge is -2.53. The number of hydrogen-bond donors (Lipinski definition) is 1. The van der Waals surface area contributed by atoms with Gasteiger partial charge < -0.3 is 24.6 Å². The highest BCUT2D eigenvalue weighted by Gasteiger charge is 2.52. The fourth-order valence-corrected chi connectivity index (χ4v) is 7.37. The van der Waals surface area contributed by atoms with E-state index in [9.17, 15) is 18.0 Å². The maximum atomic E-state index is 14.2. The minimum Gasteiger partial charge on any atom is -0.481 e. The van der Waals surface area contributed by atoms with Crippen LogP contribution in [0.2, 0.25) is 0 Å². The Morgan fingerprint density at radius 1 is 1.13 bits per heavy atom. The van der Waals surface area contributed by atoms with Crippen LogP contribution >= 0.6 is 0 Å². The van der Waals surface area contributed by atoms with Crippen LogP contribution in [-0.4, -0.2) is 78.2 Å². The van der Waals surface area contributed by atoms with Gasteiger partial charge in [0.2, 0.25) is 11.8 Å². The lowest BCUT2D eigenvalue weighted by molar-refractivity contribution is -0.140. The van der Waals surface area contributed by atoms with Crippen LogP contribution in [0.1, 0.15) is 61.3 Å². The number of rotatable bonds is 8. The number of aromatic nitrogens is 3. The van der Waals surface area contributed by atoms with E-state index in [1.807, 2.05) is 36.1 Å². The van der Waals surface area contributed by atoms with Crippen LogP contribution in [0.3, 0.4) is 0 Å². The second-order valence-electron chi connectivity index (χ2n) is 12.0. The van der Waals surface area contributed by atoms with Crippen molar-refractivity contribution in [3.8, 4) is 23.0 Å². The number of carbonyl (C=O) groups is 1. The van der Waals surface area contributed by atoms with Gasteiger partial charge in [0, 0.05) is 49.9 Å². The first kappa shape index (κ1) is 31.1. The monoisotopic (exact) mass is 624 g/mol. The Balaban J connectivity index is 1.41. The summed E-state index contributed by atoms with van der Waals surface area (Å²) in [6, 6.07) is 10.7. The Labute approximate surface area is 261 Å². The molecular weight excluding hydrogens is 585 g/mol. The summed E-state index contributed by atoms with van der Waals surface area (Å²) in [5.74, 6) is 0.200. The van der Waals surface area contributed by atoms with Crippen molar-refractivity contribution in [2.75, 3.05) is 51.3 Å². The summed E-state index contributed by atoms with van der Waals surface area (Å²) in [7, 11) is 1.31. The molecule has 1 N–H and O–H groups in total. The van der Waals surface area contributed by atoms with E-state index >= 15 is 0 Å². The number of carbonyl (C=O) groups excluding carboxylic acids is 1. The summed E-state index contributed by atoms with van der Waals surface area (Å²) < 4.78 is 53.3. The summed E-state index contributed by atoms with van der Waals surface area (Å²) in [5, 5.41) is 3.51. The molecule has 1 amide bonds. The topological polar surface area (TPSA) is 92.7 Å². The van der Waals surface area contributed by atoms with Crippen molar-refractivity contribution < 1.29 is 27.4 Å². The number of piperidine rings is 1. The van der Waals surface area contributed by atoms with Crippen molar-refractivity contribution in [1.29, 1.82) is 0 Å². The Kier molecular flexibility index (Phi) is 8.60. The van der Waals surface area contributed by atoms with Gasteiger partial charge in [0.1, 0.15) is 5.69 Å². The number of methoxy groups -OCH3 is 1. The molecule has 0 bridgehead atoms. The van der Waals surface area contributed by atoms with Gasteiger partial charge in [-0.15, -0.1) is 0 Å². The Hall–Kier alpha value is -3.93. The van der Waals surface area contributed by atoms with E-state index in [1.165, 1.54) is 19.2 Å². The molecule has 6 heterocycles. The zero-order valence-corrected chi connectivity index (χ0v) is 25.9. The number of alkyl halides is 3. The molecule has 1 spiro atoms. The summed E-state index contributed by atoms with van der Waals surface area (Å²) in [6.07, 6.45) is 0.335. The van der Waals surface area contributed by atoms with E-state index in [1.54, 1.807) is 11.1 Å². The number of nitrogens with one attached hydrogen (secondary N) is 1. The molecule has 0 radical (unpaired) electrons. The van der Waals surface area contributed by atoms with E-state index in [-0.39, 0.29) is 29.4 Å². The van der Waals surface area contributed by atoms with Crippen LogP contribution in [0.15, 0.2) is 42.6 Å². The highest BCUT2D eigenvalue weighted by Crippen LogP contribution is 2.48. The van der Waals surface area contributed by atoms with Crippen LogP contribution in [0.25, 0.3) is 11.3 Å². The van der Waals surface area contributed by atoms with Gasteiger partial charge in [0.05, 0.1) is 30.7 Å². The predicted molar refractivity (Wildman–Crippen MR) is 164 cm³/mol. The second-order valence-corrected chi connectivity index (χ2v) is 12.0. The average molecular weight is 625 g/mol. The largest absolute Gasteiger partial charge is 0.481 e. The van der Waals surface area contributed by atoms with E-state index in [0.717, 1.165) is 24.9 Å². The van der Waals surface area contributed by atoms with Crippen molar-refractivity contribution in [2.24, 2.45) is 5.92 Å². The normalized spacial score (nSPS) is 23.4. The molecule has 3 atom stereocenters. The zero-order chi connectivity index (χ0) is 31.8. The Morgan fingerprint density at radius 2 is 1.98 bits per heavy atom. The third-order valence-electron chi connectivity index (χ3n) is 9.54. The minimum absolute atomic E-state index is 0.0456. The molecule has 6 rings (SSSR count). The highest BCUT2D eigenvalue weighted by atomic mass is 19.4. The van der Waals surface area contributed by atoms with Crippen molar-refractivity contribution in [3.63, 3.8) is 0 Å². The van der Waals surface area contributed by atoms with E-state index < -0.39 is 17.3 Å². The fourth-order valence-electron chi connectivity index (χ4n) is 7.37. The average Bonchev–Trinajstić information content (AvgIpc) is 3.56. The Morgan fingerprint density at radius 3 is 2.69 bits per heavy atom. The number of halogens is 3. The first-order chi connectivity index (χ1) is 21.7. The third-order valence-corrected chi connectivity index (χ3v) is 9.54. The molecule has 9 nitrogen and oxygen atoms in total. The molecule has 3 aromatic heterocycles. The van der Waals surface area contributed by atoms with Gasteiger partial charge in [-0.1, -0.05) is 19.4 Å². The number of hydrogen-bond acceptors (Lipinski definition) is 8. The predicted octanol–water partition coefficient (Wildman–Crippen LogP) is 5.35. The quantitative estimate of drug-likeness (QED) is 0.359. The Bertz CT molecular complexity index is 1550. The lowest BCUT2D eigenvalue weighted by atomic mass is 9.62.